The Balaban J connectivity index is 1.94. The Morgan fingerprint density at radius 3 is 2.59 bits per heavy atom. The largest absolute Gasteiger partial charge is 0.434 e. The average molecular weight is 475 g/mol. The number of alkyl halides is 6. The van der Waals surface area contributed by atoms with Gasteiger partial charge in [-0.25, -0.2) is 9.67 Å². The maximum atomic E-state index is 13.7. The second-order valence-electron chi connectivity index (χ2n) is 6.51. The van der Waals surface area contributed by atoms with E-state index in [-0.39, 0.29) is 22.9 Å². The van der Waals surface area contributed by atoms with Gasteiger partial charge in [0.2, 0.25) is 5.13 Å². The van der Waals surface area contributed by atoms with E-state index in [1.54, 1.807) is 0 Å². The summed E-state index contributed by atoms with van der Waals surface area (Å²) in [5.41, 5.74) is -2.85. The van der Waals surface area contributed by atoms with Crippen molar-refractivity contribution in [2.45, 2.75) is 25.2 Å². The van der Waals surface area contributed by atoms with E-state index in [9.17, 15) is 31.1 Å². The van der Waals surface area contributed by atoms with Gasteiger partial charge in [0.1, 0.15) is 0 Å². The summed E-state index contributed by atoms with van der Waals surface area (Å²) in [5, 5.41) is 14.0. The molecular weight excluding hydrogens is 460 g/mol. The SMILES string of the molecule is N=CCCCNC(=O)c1cnn(-c2nc(-c3cccc(C(F)(F)F)c3)cs2)c1C(F)(F)F. The van der Waals surface area contributed by atoms with E-state index in [4.69, 9.17) is 5.41 Å². The van der Waals surface area contributed by atoms with Crippen LogP contribution >= 0.6 is 11.3 Å². The third-order valence-corrected chi connectivity index (χ3v) is 5.07. The molecule has 2 N–H and O–H groups in total. The number of hydrogen-bond donors (Lipinski definition) is 2. The highest BCUT2D eigenvalue weighted by atomic mass is 32.1. The molecule has 170 valence electrons. The van der Waals surface area contributed by atoms with E-state index in [1.807, 2.05) is 0 Å². The highest BCUT2D eigenvalue weighted by Gasteiger charge is 2.41. The first-order valence-corrected chi connectivity index (χ1v) is 9.96. The molecule has 2 aromatic heterocycles. The number of hydrogen-bond acceptors (Lipinski definition) is 5. The minimum atomic E-state index is -4.94. The van der Waals surface area contributed by atoms with Crippen LogP contribution < -0.4 is 5.32 Å². The van der Waals surface area contributed by atoms with E-state index in [2.05, 4.69) is 15.4 Å². The number of thiazole rings is 1. The molecule has 0 saturated heterocycles. The standard InChI is InChI=1S/C19H15F6N5OS/c20-18(21,22)12-5-3-4-11(8-12)14-10-32-17(29-14)30-15(19(23,24)25)13(9-28-30)16(31)27-7-2-1-6-26/h3-6,8-10,26H,1-2,7H2,(H,27,31). The molecule has 13 heteroatoms. The van der Waals surface area contributed by atoms with Crippen LogP contribution in [0.15, 0.2) is 35.8 Å². The number of carbonyl (C=O) groups excluding carboxylic acids is 1. The quantitative estimate of drug-likeness (QED) is 0.280. The summed E-state index contributed by atoms with van der Waals surface area (Å²) in [6, 6.07) is 4.25. The Kier molecular flexibility index (Phi) is 6.67. The highest BCUT2D eigenvalue weighted by Crippen LogP contribution is 2.36. The van der Waals surface area contributed by atoms with Gasteiger partial charge in [0.15, 0.2) is 5.69 Å². The molecule has 0 aliphatic carbocycles. The molecular formula is C19H15F6N5OS. The number of benzene rings is 1. The summed E-state index contributed by atoms with van der Waals surface area (Å²) in [4.78, 5) is 16.2. The first kappa shape index (κ1) is 23.4. The van der Waals surface area contributed by atoms with Gasteiger partial charge in [0.05, 0.1) is 23.0 Å². The first-order valence-electron chi connectivity index (χ1n) is 9.08. The Morgan fingerprint density at radius 1 is 1.19 bits per heavy atom. The smallest absolute Gasteiger partial charge is 0.352 e. The molecule has 6 nitrogen and oxygen atoms in total. The normalized spacial score (nSPS) is 12.1. The summed E-state index contributed by atoms with van der Waals surface area (Å²) in [6.07, 6.45) is -6.89. The van der Waals surface area contributed by atoms with Crippen molar-refractivity contribution in [2.24, 2.45) is 0 Å². The fraction of sp³-hybridized carbons (Fsp3) is 0.263. The lowest BCUT2D eigenvalue weighted by atomic mass is 10.1. The van der Waals surface area contributed by atoms with Gasteiger partial charge in [-0.3, -0.25) is 4.79 Å². The van der Waals surface area contributed by atoms with Crippen molar-refractivity contribution >= 4 is 23.5 Å². The zero-order chi connectivity index (χ0) is 23.5. The molecule has 0 bridgehead atoms. The maximum absolute atomic E-state index is 13.7. The summed E-state index contributed by atoms with van der Waals surface area (Å²) in [5.74, 6) is -0.983. The lowest BCUT2D eigenvalue weighted by molar-refractivity contribution is -0.143. The molecule has 1 aromatic carbocycles. The van der Waals surface area contributed by atoms with Gasteiger partial charge < -0.3 is 10.7 Å². The molecule has 32 heavy (non-hydrogen) atoms. The van der Waals surface area contributed by atoms with Crippen molar-refractivity contribution in [2.75, 3.05) is 6.54 Å². The molecule has 3 aromatic rings. The Labute approximate surface area is 181 Å². The summed E-state index contributed by atoms with van der Waals surface area (Å²) in [6.45, 7) is 0.0770. The summed E-state index contributed by atoms with van der Waals surface area (Å²) in [7, 11) is 0. The first-order chi connectivity index (χ1) is 15.0. The Morgan fingerprint density at radius 2 is 1.94 bits per heavy atom. The van der Waals surface area contributed by atoms with E-state index in [1.165, 1.54) is 17.5 Å². The van der Waals surface area contributed by atoms with E-state index < -0.39 is 35.1 Å². The van der Waals surface area contributed by atoms with Gasteiger partial charge in [0.25, 0.3) is 5.91 Å². The van der Waals surface area contributed by atoms with Crippen LogP contribution in [0.2, 0.25) is 0 Å². The number of nitrogens with one attached hydrogen (secondary N) is 2. The number of amides is 1. The van der Waals surface area contributed by atoms with Crippen LogP contribution in [0.3, 0.4) is 0 Å². The fourth-order valence-corrected chi connectivity index (χ4v) is 3.58. The molecule has 0 fully saturated rings. The topological polar surface area (TPSA) is 83.7 Å². The summed E-state index contributed by atoms with van der Waals surface area (Å²) >= 11 is 0.742. The molecule has 0 atom stereocenters. The van der Waals surface area contributed by atoms with Crippen molar-refractivity contribution in [1.29, 1.82) is 5.41 Å². The maximum Gasteiger partial charge on any atom is 0.434 e. The lowest BCUT2D eigenvalue weighted by Gasteiger charge is -2.11. The number of unbranched alkanes of at least 4 members (excludes halogenated alkanes) is 1. The van der Waals surface area contributed by atoms with Crippen LogP contribution in [0.4, 0.5) is 26.3 Å². The Bertz CT molecular complexity index is 1120. The van der Waals surface area contributed by atoms with Crippen LogP contribution in [0.5, 0.6) is 0 Å². The van der Waals surface area contributed by atoms with Crippen LogP contribution in [-0.4, -0.2) is 33.4 Å². The van der Waals surface area contributed by atoms with E-state index in [0.717, 1.165) is 35.9 Å². The second-order valence-corrected chi connectivity index (χ2v) is 7.35. The van der Waals surface area contributed by atoms with Crippen molar-refractivity contribution in [3.63, 3.8) is 0 Å². The molecule has 0 unspecified atom stereocenters. The summed E-state index contributed by atoms with van der Waals surface area (Å²) < 4.78 is 80.5. The zero-order valence-corrected chi connectivity index (χ0v) is 16.9. The molecule has 0 radical (unpaired) electrons. The van der Waals surface area contributed by atoms with Crippen molar-refractivity contribution in [1.82, 2.24) is 20.1 Å². The van der Waals surface area contributed by atoms with Gasteiger partial charge in [-0.1, -0.05) is 12.1 Å². The highest BCUT2D eigenvalue weighted by molar-refractivity contribution is 7.12. The molecule has 2 heterocycles. The number of aromatic nitrogens is 3. The monoisotopic (exact) mass is 475 g/mol. The molecule has 0 aliphatic rings. The third-order valence-electron chi connectivity index (χ3n) is 4.25. The van der Waals surface area contributed by atoms with Crippen LogP contribution in [0.25, 0.3) is 16.4 Å². The average Bonchev–Trinajstić information content (AvgIpc) is 3.37. The molecule has 0 spiro atoms. The van der Waals surface area contributed by atoms with Crippen molar-refractivity contribution in [3.05, 3.63) is 52.7 Å². The fourth-order valence-electron chi connectivity index (χ4n) is 2.78. The lowest BCUT2D eigenvalue weighted by Crippen LogP contribution is -2.27. The van der Waals surface area contributed by atoms with E-state index >= 15 is 0 Å². The van der Waals surface area contributed by atoms with Gasteiger partial charge in [-0.15, -0.1) is 11.3 Å². The van der Waals surface area contributed by atoms with Gasteiger partial charge in [0, 0.05) is 17.5 Å². The number of rotatable bonds is 7. The van der Waals surface area contributed by atoms with Crippen LogP contribution in [0, 0.1) is 5.41 Å². The van der Waals surface area contributed by atoms with Crippen molar-refractivity contribution < 1.29 is 31.1 Å². The third kappa shape index (κ3) is 5.15. The predicted molar refractivity (Wildman–Crippen MR) is 105 cm³/mol. The van der Waals surface area contributed by atoms with Crippen molar-refractivity contribution in [3.8, 4) is 16.4 Å². The van der Waals surface area contributed by atoms with Gasteiger partial charge >= 0.3 is 12.4 Å². The van der Waals surface area contributed by atoms with Gasteiger partial charge in [-0.2, -0.15) is 31.4 Å². The minimum absolute atomic E-state index is 0.0392. The second kappa shape index (κ2) is 9.10. The van der Waals surface area contributed by atoms with E-state index in [0.29, 0.717) is 17.5 Å². The zero-order valence-electron chi connectivity index (χ0n) is 16.1. The van der Waals surface area contributed by atoms with Crippen LogP contribution in [0.1, 0.15) is 34.5 Å². The molecule has 1 amide bonds. The predicted octanol–water partition coefficient (Wildman–Crippen LogP) is 5.19. The van der Waals surface area contributed by atoms with Gasteiger partial charge in [-0.05, 0) is 31.2 Å². The number of halogens is 6. The molecule has 0 aliphatic heterocycles. The number of carbonyl (C=O) groups is 1. The molecule has 0 saturated carbocycles. The molecule has 3 rings (SSSR count). The number of nitrogens with zero attached hydrogens (tertiary/aromatic N) is 3. The Hall–Kier alpha value is -3.22. The van der Waals surface area contributed by atoms with Crippen LogP contribution in [-0.2, 0) is 12.4 Å². The minimum Gasteiger partial charge on any atom is -0.352 e.